The molecule has 7 heteroatoms. The van der Waals surface area contributed by atoms with Gasteiger partial charge in [-0.2, -0.15) is 0 Å². The summed E-state index contributed by atoms with van der Waals surface area (Å²) >= 11 is 0. The maximum absolute atomic E-state index is 11.7. The number of carbonyl (C=O) groups excluding carboxylic acids is 1. The fourth-order valence-corrected chi connectivity index (χ4v) is 1.72. The quantitative estimate of drug-likeness (QED) is 0.479. The number of amides is 1. The molecule has 0 saturated carbocycles. The average Bonchev–Trinajstić information content (AvgIpc) is 2.85. The number of anilines is 1. The monoisotopic (exact) mass is 252 g/mol. The number of nitro groups is 1. The van der Waals surface area contributed by atoms with Gasteiger partial charge in [0.05, 0.1) is 29.2 Å². The van der Waals surface area contributed by atoms with Crippen LogP contribution in [0.3, 0.4) is 0 Å². The van der Waals surface area contributed by atoms with Crippen LogP contribution >= 0.6 is 0 Å². The van der Waals surface area contributed by atoms with Crippen LogP contribution in [0, 0.1) is 16.0 Å². The summed E-state index contributed by atoms with van der Waals surface area (Å²) in [7, 11) is 0. The third-order valence-electron chi connectivity index (χ3n) is 2.75. The number of benzene rings is 1. The molecule has 1 aliphatic heterocycles. The Balaban J connectivity index is 2.09. The van der Waals surface area contributed by atoms with E-state index >= 15 is 0 Å². The van der Waals surface area contributed by atoms with Crippen molar-refractivity contribution in [3.05, 3.63) is 28.3 Å². The number of aromatic hydroxyl groups is 1. The van der Waals surface area contributed by atoms with Crippen LogP contribution in [0.2, 0.25) is 0 Å². The third-order valence-corrected chi connectivity index (χ3v) is 2.75. The Labute approximate surface area is 103 Å². The Morgan fingerprint density at radius 3 is 2.89 bits per heavy atom. The van der Waals surface area contributed by atoms with Gasteiger partial charge in [0.15, 0.2) is 0 Å². The van der Waals surface area contributed by atoms with Crippen LogP contribution in [0.5, 0.6) is 5.75 Å². The Bertz CT molecular complexity index is 482. The van der Waals surface area contributed by atoms with E-state index < -0.39 is 4.92 Å². The van der Waals surface area contributed by atoms with Gasteiger partial charge in [0.2, 0.25) is 5.91 Å². The summed E-state index contributed by atoms with van der Waals surface area (Å²) in [5.74, 6) is -0.812. The number of ether oxygens (including phenoxy) is 1. The summed E-state index contributed by atoms with van der Waals surface area (Å²) in [4.78, 5) is 21.6. The first kappa shape index (κ1) is 12.3. The highest BCUT2D eigenvalue weighted by atomic mass is 16.6. The number of phenols is 1. The second-order valence-corrected chi connectivity index (χ2v) is 4.01. The minimum atomic E-state index is -0.615. The van der Waals surface area contributed by atoms with E-state index in [4.69, 9.17) is 4.74 Å². The van der Waals surface area contributed by atoms with Gasteiger partial charge in [0.1, 0.15) is 5.75 Å². The van der Waals surface area contributed by atoms with Crippen molar-refractivity contribution in [2.45, 2.75) is 6.42 Å². The van der Waals surface area contributed by atoms with Gasteiger partial charge in [0.25, 0.3) is 5.69 Å². The molecule has 1 aromatic rings. The minimum Gasteiger partial charge on any atom is -0.506 e. The average molecular weight is 252 g/mol. The maximum Gasteiger partial charge on any atom is 0.273 e. The number of carbonyl (C=O) groups is 1. The summed E-state index contributed by atoms with van der Waals surface area (Å²) in [5.41, 5.74) is -0.0628. The number of rotatable bonds is 3. The van der Waals surface area contributed by atoms with Gasteiger partial charge in [-0.15, -0.1) is 0 Å². The van der Waals surface area contributed by atoms with Crippen molar-refractivity contribution in [1.29, 1.82) is 0 Å². The molecule has 1 fully saturated rings. The van der Waals surface area contributed by atoms with Gasteiger partial charge < -0.3 is 15.2 Å². The first-order valence-corrected chi connectivity index (χ1v) is 5.44. The van der Waals surface area contributed by atoms with Crippen LogP contribution in [0.4, 0.5) is 11.4 Å². The van der Waals surface area contributed by atoms with Crippen LogP contribution in [-0.4, -0.2) is 29.2 Å². The highest BCUT2D eigenvalue weighted by molar-refractivity contribution is 5.94. The normalized spacial score (nSPS) is 18.6. The zero-order valence-electron chi connectivity index (χ0n) is 9.46. The minimum absolute atomic E-state index is 0.164. The molecule has 2 N–H and O–H groups in total. The molecule has 96 valence electrons. The fourth-order valence-electron chi connectivity index (χ4n) is 1.72. The van der Waals surface area contributed by atoms with Gasteiger partial charge in [0, 0.05) is 12.7 Å². The highest BCUT2D eigenvalue weighted by Crippen LogP contribution is 2.28. The Morgan fingerprint density at radius 2 is 2.33 bits per heavy atom. The molecule has 1 heterocycles. The molecular formula is C11H12N2O5. The molecule has 2 rings (SSSR count). The number of nitro benzene ring substituents is 1. The predicted molar refractivity (Wildman–Crippen MR) is 62.3 cm³/mol. The van der Waals surface area contributed by atoms with Crippen molar-refractivity contribution in [2.75, 3.05) is 18.5 Å². The zero-order chi connectivity index (χ0) is 13.1. The number of nitrogens with one attached hydrogen (secondary N) is 1. The van der Waals surface area contributed by atoms with Crippen molar-refractivity contribution in [3.8, 4) is 5.75 Å². The molecule has 1 aliphatic rings. The van der Waals surface area contributed by atoms with Gasteiger partial charge in [-0.05, 0) is 12.5 Å². The van der Waals surface area contributed by atoms with Crippen molar-refractivity contribution >= 4 is 17.3 Å². The van der Waals surface area contributed by atoms with Gasteiger partial charge in [-0.3, -0.25) is 14.9 Å². The van der Waals surface area contributed by atoms with Gasteiger partial charge >= 0.3 is 0 Å². The molecule has 0 spiro atoms. The molecule has 0 radical (unpaired) electrons. The van der Waals surface area contributed by atoms with E-state index in [1.807, 2.05) is 0 Å². The standard InChI is InChI=1S/C11H12N2O5/c14-10-5-8(13(16)17)1-2-9(10)12-11(15)7-3-4-18-6-7/h1-2,5,7,14H,3-4,6H2,(H,12,15). The molecule has 0 aromatic heterocycles. The van der Waals surface area contributed by atoms with Crippen LogP contribution in [-0.2, 0) is 9.53 Å². The molecule has 1 amide bonds. The Hall–Kier alpha value is -2.15. The number of hydrogen-bond donors (Lipinski definition) is 2. The lowest BCUT2D eigenvalue weighted by atomic mass is 10.1. The number of phenolic OH excluding ortho intramolecular Hbond substituents is 1. The van der Waals surface area contributed by atoms with Crippen molar-refractivity contribution in [2.24, 2.45) is 5.92 Å². The van der Waals surface area contributed by atoms with E-state index in [-0.39, 0.29) is 28.9 Å². The molecule has 0 aliphatic carbocycles. The smallest absolute Gasteiger partial charge is 0.273 e. The van der Waals surface area contributed by atoms with E-state index in [9.17, 15) is 20.0 Å². The molecule has 0 bridgehead atoms. The largest absolute Gasteiger partial charge is 0.506 e. The second kappa shape index (κ2) is 5.01. The van der Waals surface area contributed by atoms with Gasteiger partial charge in [-0.1, -0.05) is 0 Å². The lowest BCUT2D eigenvalue weighted by Gasteiger charge is -2.10. The summed E-state index contributed by atoms with van der Waals surface area (Å²) in [5, 5.41) is 22.6. The van der Waals surface area contributed by atoms with E-state index in [0.717, 1.165) is 6.07 Å². The predicted octanol–water partition coefficient (Wildman–Crippen LogP) is 1.28. The molecule has 1 unspecified atom stereocenters. The second-order valence-electron chi connectivity index (χ2n) is 4.01. The van der Waals surface area contributed by atoms with Gasteiger partial charge in [-0.25, -0.2) is 0 Å². The fraction of sp³-hybridized carbons (Fsp3) is 0.364. The number of nitrogens with zero attached hydrogens (tertiary/aromatic N) is 1. The van der Waals surface area contributed by atoms with Crippen molar-refractivity contribution < 1.29 is 19.6 Å². The lowest BCUT2D eigenvalue weighted by Crippen LogP contribution is -2.22. The van der Waals surface area contributed by atoms with Crippen LogP contribution in [0.1, 0.15) is 6.42 Å². The lowest BCUT2D eigenvalue weighted by molar-refractivity contribution is -0.384. The highest BCUT2D eigenvalue weighted by Gasteiger charge is 2.24. The zero-order valence-corrected chi connectivity index (χ0v) is 9.46. The third kappa shape index (κ3) is 2.57. The van der Waals surface area contributed by atoms with Crippen LogP contribution in [0.15, 0.2) is 18.2 Å². The molecule has 7 nitrogen and oxygen atoms in total. The van der Waals surface area contributed by atoms with E-state index in [1.165, 1.54) is 12.1 Å². The summed E-state index contributed by atoms with van der Waals surface area (Å²) < 4.78 is 5.08. The molecule has 1 saturated heterocycles. The van der Waals surface area contributed by atoms with E-state index in [2.05, 4.69) is 5.32 Å². The Morgan fingerprint density at radius 1 is 1.56 bits per heavy atom. The van der Waals surface area contributed by atoms with E-state index in [0.29, 0.717) is 19.6 Å². The van der Waals surface area contributed by atoms with E-state index in [1.54, 1.807) is 0 Å². The molecule has 1 aromatic carbocycles. The summed E-state index contributed by atoms with van der Waals surface area (Å²) in [6.07, 6.45) is 0.638. The first-order chi connectivity index (χ1) is 8.58. The molecule has 1 atom stereocenters. The maximum atomic E-state index is 11.7. The number of hydrogen-bond acceptors (Lipinski definition) is 5. The van der Waals surface area contributed by atoms with Crippen LogP contribution < -0.4 is 5.32 Å². The number of non-ortho nitro benzene ring substituents is 1. The topological polar surface area (TPSA) is 102 Å². The van der Waals surface area contributed by atoms with Crippen molar-refractivity contribution in [1.82, 2.24) is 0 Å². The van der Waals surface area contributed by atoms with Crippen molar-refractivity contribution in [3.63, 3.8) is 0 Å². The molecular weight excluding hydrogens is 240 g/mol. The summed E-state index contributed by atoms with van der Waals surface area (Å²) in [6.45, 7) is 0.907. The van der Waals surface area contributed by atoms with Crippen LogP contribution in [0.25, 0.3) is 0 Å². The summed E-state index contributed by atoms with van der Waals surface area (Å²) in [6, 6.07) is 3.53. The first-order valence-electron chi connectivity index (χ1n) is 5.44. The SMILES string of the molecule is O=C(Nc1ccc([N+](=O)[O-])cc1O)C1CCOC1. The molecule has 18 heavy (non-hydrogen) atoms. The Kier molecular flexibility index (Phi) is 3.42.